The zero-order valence-corrected chi connectivity index (χ0v) is 13.5. The normalized spacial score (nSPS) is 11.2. The Labute approximate surface area is 125 Å². The minimum absolute atomic E-state index is 0.465. The molecule has 18 heavy (non-hydrogen) atoms. The molecule has 0 spiro atoms. The van der Waals surface area contributed by atoms with Crippen LogP contribution in [0, 0.1) is 0 Å². The van der Waals surface area contributed by atoms with E-state index in [-0.39, 0.29) is 0 Å². The van der Waals surface area contributed by atoms with E-state index < -0.39 is 0 Å². The summed E-state index contributed by atoms with van der Waals surface area (Å²) < 4.78 is 1.12. The van der Waals surface area contributed by atoms with Gasteiger partial charge in [0.05, 0.1) is 0 Å². The Hall–Kier alpha value is -0.350. The molecule has 0 fully saturated rings. The van der Waals surface area contributed by atoms with Crippen LogP contribution in [0.5, 0.6) is 0 Å². The number of halogens is 2. The second kappa shape index (κ2) is 6.20. The van der Waals surface area contributed by atoms with Crippen molar-refractivity contribution in [2.75, 3.05) is 0 Å². The quantitative estimate of drug-likeness (QED) is 0.790. The third-order valence-electron chi connectivity index (χ3n) is 2.68. The van der Waals surface area contributed by atoms with Crippen molar-refractivity contribution in [3.8, 4) is 11.1 Å². The number of thiophene rings is 1. The molecule has 1 heterocycles. The zero-order valence-electron chi connectivity index (χ0n) is 10.3. The summed E-state index contributed by atoms with van der Waals surface area (Å²) in [7, 11) is 0. The van der Waals surface area contributed by atoms with Gasteiger partial charge in [0.1, 0.15) is 0 Å². The fourth-order valence-electron chi connectivity index (χ4n) is 1.66. The van der Waals surface area contributed by atoms with Gasteiger partial charge in [0.2, 0.25) is 0 Å². The van der Waals surface area contributed by atoms with Gasteiger partial charge in [0.15, 0.2) is 0 Å². The molecule has 0 aliphatic heterocycles. The van der Waals surface area contributed by atoms with Gasteiger partial charge in [-0.05, 0) is 38.5 Å². The molecule has 1 N–H and O–H groups in total. The Morgan fingerprint density at radius 3 is 2.67 bits per heavy atom. The van der Waals surface area contributed by atoms with Crippen LogP contribution in [0.2, 0.25) is 5.02 Å². The van der Waals surface area contributed by atoms with Crippen molar-refractivity contribution < 1.29 is 0 Å². The molecule has 0 atom stereocenters. The van der Waals surface area contributed by atoms with E-state index in [1.807, 2.05) is 6.07 Å². The average Bonchev–Trinajstić information content (AvgIpc) is 2.73. The minimum atomic E-state index is 0.465. The maximum Gasteiger partial charge on any atom is 0.0457 e. The average molecular weight is 345 g/mol. The van der Waals surface area contributed by atoms with Crippen LogP contribution < -0.4 is 5.32 Å². The van der Waals surface area contributed by atoms with Crippen LogP contribution in [-0.4, -0.2) is 6.04 Å². The molecule has 0 saturated carbocycles. The summed E-state index contributed by atoms with van der Waals surface area (Å²) >= 11 is 11.6. The zero-order chi connectivity index (χ0) is 13.1. The smallest absolute Gasteiger partial charge is 0.0457 e. The third-order valence-corrected chi connectivity index (χ3v) is 4.73. The lowest BCUT2D eigenvalue weighted by Crippen LogP contribution is -2.21. The Bertz CT molecular complexity index is 536. The summed E-state index contributed by atoms with van der Waals surface area (Å²) in [6.45, 7) is 5.07. The fourth-order valence-corrected chi connectivity index (χ4v) is 3.44. The highest BCUT2D eigenvalue weighted by molar-refractivity contribution is 9.10. The second-order valence-corrected chi connectivity index (χ2v) is 6.48. The van der Waals surface area contributed by atoms with Gasteiger partial charge in [-0.25, -0.2) is 0 Å². The molecule has 1 nitrogen and oxygen atoms in total. The molecule has 1 aromatic carbocycles. The lowest BCUT2D eigenvalue weighted by molar-refractivity contribution is 0.589. The molecule has 0 saturated heterocycles. The van der Waals surface area contributed by atoms with E-state index in [0.29, 0.717) is 6.04 Å². The SMILES string of the molecule is CC(C)NCc1ccc(-c2cscc2Br)cc1Cl. The van der Waals surface area contributed by atoms with E-state index in [4.69, 9.17) is 11.6 Å². The number of rotatable bonds is 4. The standard InChI is InChI=1S/C14H15BrClNS/c1-9(2)17-6-11-4-3-10(5-14(11)16)12-7-18-8-13(12)15/h3-5,7-9,17H,6H2,1-2H3. The highest BCUT2D eigenvalue weighted by Gasteiger charge is 2.07. The minimum Gasteiger partial charge on any atom is -0.310 e. The first-order valence-electron chi connectivity index (χ1n) is 5.82. The fraction of sp³-hybridized carbons (Fsp3) is 0.286. The first kappa shape index (κ1) is 14.1. The summed E-state index contributed by atoms with van der Waals surface area (Å²) in [5, 5.41) is 8.40. The maximum atomic E-state index is 6.33. The van der Waals surface area contributed by atoms with Crippen molar-refractivity contribution in [1.82, 2.24) is 5.32 Å². The number of hydrogen-bond donors (Lipinski definition) is 1. The summed E-state index contributed by atoms with van der Waals surface area (Å²) in [6.07, 6.45) is 0. The Morgan fingerprint density at radius 1 is 1.33 bits per heavy atom. The van der Waals surface area contributed by atoms with Crippen LogP contribution in [0.1, 0.15) is 19.4 Å². The molecule has 0 aliphatic carbocycles. The van der Waals surface area contributed by atoms with Crippen LogP contribution >= 0.6 is 38.9 Å². The van der Waals surface area contributed by atoms with Gasteiger partial charge in [-0.1, -0.05) is 37.6 Å². The Balaban J connectivity index is 2.22. The Kier molecular flexibility index (Phi) is 4.84. The van der Waals surface area contributed by atoms with Crippen molar-refractivity contribution in [1.29, 1.82) is 0 Å². The number of hydrogen-bond acceptors (Lipinski definition) is 2. The monoisotopic (exact) mass is 343 g/mol. The van der Waals surface area contributed by atoms with Gasteiger partial charge in [0, 0.05) is 33.0 Å². The molecule has 2 aromatic rings. The predicted octanol–water partition coefficient (Wildman–Crippen LogP) is 5.33. The topological polar surface area (TPSA) is 12.0 Å². The van der Waals surface area contributed by atoms with E-state index in [0.717, 1.165) is 27.2 Å². The highest BCUT2D eigenvalue weighted by atomic mass is 79.9. The van der Waals surface area contributed by atoms with Gasteiger partial charge in [-0.2, -0.15) is 11.3 Å². The number of nitrogens with one attached hydrogen (secondary N) is 1. The van der Waals surface area contributed by atoms with Gasteiger partial charge >= 0.3 is 0 Å². The van der Waals surface area contributed by atoms with Crippen molar-refractivity contribution in [2.45, 2.75) is 26.4 Å². The lowest BCUT2D eigenvalue weighted by Gasteiger charge is -2.10. The van der Waals surface area contributed by atoms with Crippen LogP contribution in [0.15, 0.2) is 33.4 Å². The largest absolute Gasteiger partial charge is 0.310 e. The van der Waals surface area contributed by atoms with E-state index in [1.165, 1.54) is 5.56 Å². The van der Waals surface area contributed by atoms with Crippen LogP contribution in [0.25, 0.3) is 11.1 Å². The van der Waals surface area contributed by atoms with E-state index >= 15 is 0 Å². The molecule has 2 rings (SSSR count). The molecule has 0 aliphatic rings. The van der Waals surface area contributed by atoms with Crippen molar-refractivity contribution in [3.05, 3.63) is 44.0 Å². The van der Waals surface area contributed by atoms with Gasteiger partial charge in [-0.15, -0.1) is 0 Å². The molecule has 0 amide bonds. The first-order valence-corrected chi connectivity index (χ1v) is 7.93. The molecule has 96 valence electrons. The molecule has 1 aromatic heterocycles. The van der Waals surface area contributed by atoms with E-state index in [1.54, 1.807) is 11.3 Å². The van der Waals surface area contributed by atoms with E-state index in [9.17, 15) is 0 Å². The van der Waals surface area contributed by atoms with E-state index in [2.05, 4.69) is 58.0 Å². The van der Waals surface area contributed by atoms with Gasteiger partial charge < -0.3 is 5.32 Å². The number of benzene rings is 1. The van der Waals surface area contributed by atoms with Crippen LogP contribution in [0.4, 0.5) is 0 Å². The first-order chi connectivity index (χ1) is 8.58. The van der Waals surface area contributed by atoms with Gasteiger partial charge in [-0.3, -0.25) is 0 Å². The third kappa shape index (κ3) is 3.35. The van der Waals surface area contributed by atoms with Crippen molar-refractivity contribution >= 4 is 38.9 Å². The summed E-state index contributed by atoms with van der Waals surface area (Å²) in [5.41, 5.74) is 3.49. The molecule has 0 bridgehead atoms. The van der Waals surface area contributed by atoms with Crippen molar-refractivity contribution in [2.24, 2.45) is 0 Å². The summed E-state index contributed by atoms with van der Waals surface area (Å²) in [6, 6.07) is 6.71. The summed E-state index contributed by atoms with van der Waals surface area (Å²) in [5.74, 6) is 0. The molecule has 4 heteroatoms. The molecular weight excluding hydrogens is 330 g/mol. The molecule has 0 radical (unpaired) electrons. The van der Waals surface area contributed by atoms with Crippen LogP contribution in [-0.2, 0) is 6.54 Å². The maximum absolute atomic E-state index is 6.33. The molecule has 0 unspecified atom stereocenters. The Morgan fingerprint density at radius 2 is 2.11 bits per heavy atom. The summed E-state index contributed by atoms with van der Waals surface area (Å²) in [4.78, 5) is 0. The molecular formula is C14H15BrClNS. The highest BCUT2D eigenvalue weighted by Crippen LogP contribution is 2.33. The lowest BCUT2D eigenvalue weighted by atomic mass is 10.1. The second-order valence-electron chi connectivity index (χ2n) is 4.48. The van der Waals surface area contributed by atoms with Crippen molar-refractivity contribution in [3.63, 3.8) is 0 Å². The van der Waals surface area contributed by atoms with Gasteiger partial charge in [0.25, 0.3) is 0 Å². The predicted molar refractivity (Wildman–Crippen MR) is 84.4 cm³/mol. The van der Waals surface area contributed by atoms with Crippen LogP contribution in [0.3, 0.4) is 0 Å².